The standard InChI is InChI=1S/C11H17NOS/c1-2-7-12-11(13)9-14-8-10-5-3-4-6-10/h1,10H,3-9H2,(H,12,13). The molecule has 0 aliphatic heterocycles. The molecule has 0 spiro atoms. The van der Waals surface area contributed by atoms with Crippen molar-refractivity contribution in [2.24, 2.45) is 5.92 Å². The maximum absolute atomic E-state index is 11.1. The van der Waals surface area contributed by atoms with Crippen LogP contribution in [0.1, 0.15) is 25.7 Å². The molecule has 0 bridgehead atoms. The van der Waals surface area contributed by atoms with E-state index in [4.69, 9.17) is 6.42 Å². The van der Waals surface area contributed by atoms with Crippen molar-refractivity contribution in [2.75, 3.05) is 18.1 Å². The van der Waals surface area contributed by atoms with Gasteiger partial charge >= 0.3 is 0 Å². The Morgan fingerprint density at radius 1 is 1.50 bits per heavy atom. The molecule has 2 nitrogen and oxygen atoms in total. The molecule has 1 fully saturated rings. The highest BCUT2D eigenvalue weighted by molar-refractivity contribution is 7.99. The van der Waals surface area contributed by atoms with Gasteiger partial charge in [-0.05, 0) is 24.5 Å². The molecule has 3 heteroatoms. The zero-order valence-corrected chi connectivity index (χ0v) is 9.24. The summed E-state index contributed by atoms with van der Waals surface area (Å²) in [6.45, 7) is 0.350. The van der Waals surface area contributed by atoms with Crippen LogP contribution in [0.3, 0.4) is 0 Å². The van der Waals surface area contributed by atoms with Gasteiger partial charge in [0.15, 0.2) is 0 Å². The van der Waals surface area contributed by atoms with Gasteiger partial charge in [-0.15, -0.1) is 6.42 Å². The second-order valence-electron chi connectivity index (χ2n) is 3.65. The number of carbonyl (C=O) groups is 1. The first-order chi connectivity index (χ1) is 6.83. The fraction of sp³-hybridized carbons (Fsp3) is 0.727. The van der Waals surface area contributed by atoms with Crippen LogP contribution in [0.2, 0.25) is 0 Å². The summed E-state index contributed by atoms with van der Waals surface area (Å²) in [6, 6.07) is 0. The SMILES string of the molecule is C#CCNC(=O)CSCC1CCCC1. The molecule has 0 aromatic carbocycles. The third-order valence-electron chi connectivity index (χ3n) is 2.45. The molecule has 1 saturated carbocycles. The second kappa shape index (κ2) is 6.78. The Morgan fingerprint density at radius 2 is 2.21 bits per heavy atom. The van der Waals surface area contributed by atoms with E-state index in [1.807, 2.05) is 0 Å². The molecule has 0 unspecified atom stereocenters. The number of terminal acetylenes is 1. The lowest BCUT2D eigenvalue weighted by atomic mass is 10.1. The van der Waals surface area contributed by atoms with Gasteiger partial charge in [0, 0.05) is 0 Å². The minimum atomic E-state index is 0.0611. The molecule has 0 radical (unpaired) electrons. The lowest BCUT2D eigenvalue weighted by molar-refractivity contribution is -0.118. The Balaban J connectivity index is 1.97. The molecule has 1 aliphatic rings. The lowest BCUT2D eigenvalue weighted by Gasteiger charge is -2.07. The average molecular weight is 211 g/mol. The summed E-state index contributed by atoms with van der Waals surface area (Å²) < 4.78 is 0. The van der Waals surface area contributed by atoms with Crippen molar-refractivity contribution in [3.8, 4) is 12.3 Å². The first-order valence-corrected chi connectivity index (χ1v) is 6.26. The summed E-state index contributed by atoms with van der Waals surface area (Å²) in [5, 5.41) is 2.66. The number of hydrogen-bond donors (Lipinski definition) is 1. The van der Waals surface area contributed by atoms with Gasteiger partial charge < -0.3 is 5.32 Å². The predicted octanol–water partition coefficient (Wildman–Crippen LogP) is 1.66. The topological polar surface area (TPSA) is 29.1 Å². The van der Waals surface area contributed by atoms with Gasteiger partial charge in [0.05, 0.1) is 12.3 Å². The fourth-order valence-corrected chi connectivity index (χ4v) is 2.77. The average Bonchev–Trinajstić information content (AvgIpc) is 2.67. The molecule has 1 aliphatic carbocycles. The molecular formula is C11H17NOS. The van der Waals surface area contributed by atoms with E-state index < -0.39 is 0 Å². The van der Waals surface area contributed by atoms with Crippen molar-refractivity contribution in [2.45, 2.75) is 25.7 Å². The summed E-state index contributed by atoms with van der Waals surface area (Å²) in [5.41, 5.74) is 0. The van der Waals surface area contributed by atoms with E-state index in [1.54, 1.807) is 11.8 Å². The Kier molecular flexibility index (Phi) is 5.55. The summed E-state index contributed by atoms with van der Waals surface area (Å²) in [5.74, 6) is 4.98. The number of carbonyl (C=O) groups excluding carboxylic acids is 1. The molecular weight excluding hydrogens is 194 g/mol. The van der Waals surface area contributed by atoms with Gasteiger partial charge in [-0.3, -0.25) is 4.79 Å². The Labute approximate surface area is 90.2 Å². The van der Waals surface area contributed by atoms with Crippen molar-refractivity contribution < 1.29 is 4.79 Å². The summed E-state index contributed by atoms with van der Waals surface area (Å²) in [4.78, 5) is 11.1. The largest absolute Gasteiger partial charge is 0.344 e. The number of amides is 1. The maximum Gasteiger partial charge on any atom is 0.230 e. The van der Waals surface area contributed by atoms with Crippen molar-refractivity contribution in [1.82, 2.24) is 5.32 Å². The van der Waals surface area contributed by atoms with Crippen LogP contribution in [-0.2, 0) is 4.79 Å². The highest BCUT2D eigenvalue weighted by Gasteiger charge is 2.14. The van der Waals surface area contributed by atoms with Crippen LogP contribution in [0, 0.1) is 18.3 Å². The van der Waals surface area contributed by atoms with Crippen LogP contribution in [0.25, 0.3) is 0 Å². The fourth-order valence-electron chi connectivity index (χ4n) is 1.70. The number of hydrogen-bond acceptors (Lipinski definition) is 2. The highest BCUT2D eigenvalue weighted by atomic mass is 32.2. The molecule has 14 heavy (non-hydrogen) atoms. The second-order valence-corrected chi connectivity index (χ2v) is 4.68. The Morgan fingerprint density at radius 3 is 2.86 bits per heavy atom. The quantitative estimate of drug-likeness (QED) is 0.701. The van der Waals surface area contributed by atoms with Gasteiger partial charge in [0.1, 0.15) is 0 Å². The Bertz CT molecular complexity index is 216. The number of rotatable bonds is 5. The van der Waals surface area contributed by atoms with E-state index in [-0.39, 0.29) is 5.91 Å². The molecule has 0 atom stereocenters. The summed E-state index contributed by atoms with van der Waals surface area (Å²) >= 11 is 1.73. The van der Waals surface area contributed by atoms with Gasteiger partial charge in [-0.1, -0.05) is 18.8 Å². The maximum atomic E-state index is 11.1. The summed E-state index contributed by atoms with van der Waals surface area (Å²) in [6.07, 6.45) is 10.5. The smallest absolute Gasteiger partial charge is 0.230 e. The van der Waals surface area contributed by atoms with Crippen LogP contribution < -0.4 is 5.32 Å². The molecule has 0 saturated heterocycles. The van der Waals surface area contributed by atoms with Crippen LogP contribution in [-0.4, -0.2) is 24.0 Å². The van der Waals surface area contributed by atoms with E-state index in [0.29, 0.717) is 12.3 Å². The zero-order chi connectivity index (χ0) is 10.2. The van der Waals surface area contributed by atoms with Gasteiger partial charge in [0.25, 0.3) is 0 Å². The molecule has 1 rings (SSSR count). The van der Waals surface area contributed by atoms with Crippen molar-refractivity contribution in [1.29, 1.82) is 0 Å². The van der Waals surface area contributed by atoms with E-state index >= 15 is 0 Å². The lowest BCUT2D eigenvalue weighted by Crippen LogP contribution is -2.25. The van der Waals surface area contributed by atoms with Crippen LogP contribution in [0.5, 0.6) is 0 Å². The van der Waals surface area contributed by atoms with Gasteiger partial charge in [0.2, 0.25) is 5.91 Å². The van der Waals surface area contributed by atoms with E-state index in [1.165, 1.54) is 25.7 Å². The summed E-state index contributed by atoms with van der Waals surface area (Å²) in [7, 11) is 0. The minimum absolute atomic E-state index is 0.0611. The van der Waals surface area contributed by atoms with Gasteiger partial charge in [-0.2, -0.15) is 11.8 Å². The molecule has 78 valence electrons. The zero-order valence-electron chi connectivity index (χ0n) is 8.42. The first kappa shape index (κ1) is 11.5. The third kappa shape index (κ3) is 4.57. The van der Waals surface area contributed by atoms with E-state index in [0.717, 1.165) is 11.7 Å². The van der Waals surface area contributed by atoms with Crippen LogP contribution >= 0.6 is 11.8 Å². The molecule has 1 amide bonds. The van der Waals surface area contributed by atoms with Crippen molar-refractivity contribution in [3.05, 3.63) is 0 Å². The molecule has 0 heterocycles. The normalized spacial score (nSPS) is 16.5. The number of nitrogens with one attached hydrogen (secondary N) is 1. The number of thioether (sulfide) groups is 1. The molecule has 0 aromatic heterocycles. The van der Waals surface area contributed by atoms with Crippen molar-refractivity contribution in [3.63, 3.8) is 0 Å². The highest BCUT2D eigenvalue weighted by Crippen LogP contribution is 2.27. The Hall–Kier alpha value is -0.620. The van der Waals surface area contributed by atoms with Crippen molar-refractivity contribution >= 4 is 17.7 Å². The first-order valence-electron chi connectivity index (χ1n) is 5.11. The van der Waals surface area contributed by atoms with Gasteiger partial charge in [-0.25, -0.2) is 0 Å². The van der Waals surface area contributed by atoms with Crippen LogP contribution in [0.15, 0.2) is 0 Å². The molecule has 0 aromatic rings. The van der Waals surface area contributed by atoms with E-state index in [2.05, 4.69) is 11.2 Å². The molecule has 1 N–H and O–H groups in total. The minimum Gasteiger partial charge on any atom is -0.344 e. The van der Waals surface area contributed by atoms with E-state index in [9.17, 15) is 4.79 Å². The third-order valence-corrected chi connectivity index (χ3v) is 3.62. The monoisotopic (exact) mass is 211 g/mol. The predicted molar refractivity (Wildman–Crippen MR) is 61.1 cm³/mol. The van der Waals surface area contributed by atoms with Crippen LogP contribution in [0.4, 0.5) is 0 Å².